The Hall–Kier alpha value is -2.84. The van der Waals surface area contributed by atoms with Crippen LogP contribution in [0.3, 0.4) is 0 Å². The predicted molar refractivity (Wildman–Crippen MR) is 113 cm³/mol. The predicted octanol–water partition coefficient (Wildman–Crippen LogP) is 3.03. The van der Waals surface area contributed by atoms with E-state index >= 15 is 0 Å². The number of sulfonamides is 1. The van der Waals surface area contributed by atoms with Gasteiger partial charge >= 0.3 is 6.03 Å². The van der Waals surface area contributed by atoms with E-state index < -0.39 is 10.0 Å². The van der Waals surface area contributed by atoms with Gasteiger partial charge in [0.1, 0.15) is 0 Å². The Morgan fingerprint density at radius 3 is 2.48 bits per heavy atom. The molecule has 0 bridgehead atoms. The molecule has 4 rings (SSSR count). The van der Waals surface area contributed by atoms with E-state index in [-0.39, 0.29) is 24.0 Å². The molecule has 1 fully saturated rings. The van der Waals surface area contributed by atoms with Crippen molar-refractivity contribution in [3.05, 3.63) is 60.3 Å². The van der Waals surface area contributed by atoms with Crippen LogP contribution in [0.1, 0.15) is 5.56 Å². The topological polar surface area (TPSA) is 74.7 Å². The lowest BCUT2D eigenvalue weighted by molar-refractivity contribution is 0.184. The maximum atomic E-state index is 13.0. The minimum Gasteiger partial charge on any atom is -0.351 e. The first kappa shape index (κ1) is 19.5. The fraction of sp³-hybridized carbons (Fsp3) is 0.286. The van der Waals surface area contributed by atoms with Gasteiger partial charge in [0, 0.05) is 56.0 Å². The molecule has 2 aromatic carbocycles. The van der Waals surface area contributed by atoms with Crippen LogP contribution in [0.5, 0.6) is 0 Å². The number of carbonyl (C=O) groups excluding carboxylic acids is 1. The Morgan fingerprint density at radius 1 is 1.00 bits per heavy atom. The number of aryl methyl sites for hydroxylation is 2. The highest BCUT2D eigenvalue weighted by molar-refractivity contribution is 7.89. The lowest BCUT2D eigenvalue weighted by atomic mass is 10.2. The lowest BCUT2D eigenvalue weighted by Gasteiger charge is -2.34. The summed E-state index contributed by atoms with van der Waals surface area (Å²) in [6.45, 7) is 3.22. The van der Waals surface area contributed by atoms with Crippen LogP contribution >= 0.6 is 0 Å². The molecule has 1 aliphatic heterocycles. The number of nitrogens with zero attached hydrogens (tertiary/aromatic N) is 3. The van der Waals surface area contributed by atoms with Crippen molar-refractivity contribution in [2.45, 2.75) is 11.8 Å². The number of hydrogen-bond donors (Lipinski definition) is 1. The van der Waals surface area contributed by atoms with Crippen molar-refractivity contribution in [3.63, 3.8) is 0 Å². The van der Waals surface area contributed by atoms with E-state index in [2.05, 4.69) is 5.32 Å². The van der Waals surface area contributed by atoms with E-state index in [1.165, 1.54) is 4.31 Å². The molecule has 8 heteroatoms. The van der Waals surface area contributed by atoms with Gasteiger partial charge in [-0.3, -0.25) is 0 Å². The van der Waals surface area contributed by atoms with Gasteiger partial charge in [-0.05, 0) is 48.9 Å². The molecule has 1 aliphatic rings. The molecule has 29 heavy (non-hydrogen) atoms. The van der Waals surface area contributed by atoms with Crippen LogP contribution < -0.4 is 5.32 Å². The van der Waals surface area contributed by atoms with Gasteiger partial charge in [-0.15, -0.1) is 0 Å². The summed E-state index contributed by atoms with van der Waals surface area (Å²) in [5.74, 6) is 0. The third-order valence-corrected chi connectivity index (χ3v) is 7.18. The van der Waals surface area contributed by atoms with E-state index in [1.54, 1.807) is 17.0 Å². The summed E-state index contributed by atoms with van der Waals surface area (Å²) in [6.07, 6.45) is 1.91. The van der Waals surface area contributed by atoms with Crippen molar-refractivity contribution < 1.29 is 13.2 Å². The van der Waals surface area contributed by atoms with Gasteiger partial charge < -0.3 is 14.8 Å². The molecule has 7 nitrogen and oxygen atoms in total. The minimum absolute atomic E-state index is 0.210. The first-order valence-electron chi connectivity index (χ1n) is 9.52. The number of nitrogens with one attached hydrogen (secondary N) is 1. The fourth-order valence-corrected chi connectivity index (χ4v) is 5.08. The first-order chi connectivity index (χ1) is 13.8. The Labute approximate surface area is 170 Å². The summed E-state index contributed by atoms with van der Waals surface area (Å²) in [5, 5.41) is 3.77. The monoisotopic (exact) mass is 412 g/mol. The molecule has 2 heterocycles. The van der Waals surface area contributed by atoms with Crippen LogP contribution in [0.25, 0.3) is 10.9 Å². The number of piperazine rings is 1. The van der Waals surface area contributed by atoms with Crippen molar-refractivity contribution in [2.24, 2.45) is 7.05 Å². The average molecular weight is 413 g/mol. The molecule has 1 saturated heterocycles. The molecule has 0 atom stereocenters. The second kappa shape index (κ2) is 7.53. The number of amides is 2. The molecule has 0 aliphatic carbocycles. The van der Waals surface area contributed by atoms with Crippen molar-refractivity contribution in [1.82, 2.24) is 13.8 Å². The van der Waals surface area contributed by atoms with Gasteiger partial charge in [0.15, 0.2) is 0 Å². The molecule has 0 spiro atoms. The second-order valence-electron chi connectivity index (χ2n) is 7.34. The van der Waals surface area contributed by atoms with E-state index in [4.69, 9.17) is 0 Å². The van der Waals surface area contributed by atoms with Crippen LogP contribution in [-0.2, 0) is 17.1 Å². The van der Waals surface area contributed by atoms with Gasteiger partial charge in [0.25, 0.3) is 0 Å². The number of aromatic nitrogens is 1. The standard InChI is InChI=1S/C21H24N4O3S/c1-16-4-3-5-18(14-16)22-21(26)24-10-12-25(13-11-24)29(27,28)19-6-7-20-17(15-19)8-9-23(20)2/h3-9,14-15H,10-13H2,1-2H3,(H,22,26). The van der Waals surface area contributed by atoms with Crippen LogP contribution in [0.2, 0.25) is 0 Å². The molecule has 0 radical (unpaired) electrons. The summed E-state index contributed by atoms with van der Waals surface area (Å²) >= 11 is 0. The fourth-order valence-electron chi connectivity index (χ4n) is 3.63. The molecule has 3 aromatic rings. The Bertz CT molecular complexity index is 1160. The van der Waals surface area contributed by atoms with Crippen LogP contribution in [0.4, 0.5) is 10.5 Å². The van der Waals surface area contributed by atoms with Gasteiger partial charge in [0.2, 0.25) is 10.0 Å². The lowest BCUT2D eigenvalue weighted by Crippen LogP contribution is -2.51. The normalized spacial score (nSPS) is 15.6. The highest BCUT2D eigenvalue weighted by Crippen LogP contribution is 2.23. The summed E-state index contributed by atoms with van der Waals surface area (Å²) in [4.78, 5) is 14.4. The van der Waals surface area contributed by atoms with Crippen molar-refractivity contribution in [2.75, 3.05) is 31.5 Å². The summed E-state index contributed by atoms with van der Waals surface area (Å²) in [7, 11) is -1.66. The quantitative estimate of drug-likeness (QED) is 0.719. The number of urea groups is 1. The number of carbonyl (C=O) groups is 1. The number of fused-ring (bicyclic) bond motifs is 1. The van der Waals surface area contributed by atoms with Gasteiger partial charge in [-0.25, -0.2) is 13.2 Å². The Balaban J connectivity index is 1.43. The van der Waals surface area contributed by atoms with E-state index in [0.717, 1.165) is 22.2 Å². The number of hydrogen-bond acceptors (Lipinski definition) is 3. The van der Waals surface area contributed by atoms with Crippen LogP contribution in [0, 0.1) is 6.92 Å². The third-order valence-electron chi connectivity index (χ3n) is 5.29. The van der Waals surface area contributed by atoms with E-state index in [0.29, 0.717) is 13.1 Å². The van der Waals surface area contributed by atoms with Crippen LogP contribution in [-0.4, -0.2) is 54.4 Å². The molecule has 0 unspecified atom stereocenters. The van der Waals surface area contributed by atoms with Gasteiger partial charge in [0.05, 0.1) is 4.90 Å². The van der Waals surface area contributed by atoms with Crippen molar-refractivity contribution in [1.29, 1.82) is 0 Å². The molecular formula is C21H24N4O3S. The van der Waals surface area contributed by atoms with Gasteiger partial charge in [-0.1, -0.05) is 12.1 Å². The highest BCUT2D eigenvalue weighted by Gasteiger charge is 2.30. The van der Waals surface area contributed by atoms with Crippen molar-refractivity contribution >= 4 is 32.6 Å². The number of rotatable bonds is 3. The maximum absolute atomic E-state index is 13.0. The zero-order chi connectivity index (χ0) is 20.6. The highest BCUT2D eigenvalue weighted by atomic mass is 32.2. The van der Waals surface area contributed by atoms with Crippen LogP contribution in [0.15, 0.2) is 59.6 Å². The SMILES string of the molecule is Cc1cccc(NC(=O)N2CCN(S(=O)(=O)c3ccc4c(ccn4C)c3)CC2)c1. The van der Waals surface area contributed by atoms with E-state index in [9.17, 15) is 13.2 Å². The molecule has 1 aromatic heterocycles. The molecular weight excluding hydrogens is 388 g/mol. The maximum Gasteiger partial charge on any atom is 0.321 e. The van der Waals surface area contributed by atoms with Gasteiger partial charge in [-0.2, -0.15) is 4.31 Å². The second-order valence-corrected chi connectivity index (χ2v) is 9.28. The zero-order valence-electron chi connectivity index (χ0n) is 16.5. The summed E-state index contributed by atoms with van der Waals surface area (Å²) in [6, 6.07) is 14.5. The number of anilines is 1. The zero-order valence-corrected chi connectivity index (χ0v) is 17.3. The average Bonchev–Trinajstić information content (AvgIpc) is 3.08. The Morgan fingerprint density at radius 2 is 1.76 bits per heavy atom. The molecule has 152 valence electrons. The van der Waals surface area contributed by atoms with E-state index in [1.807, 2.05) is 61.1 Å². The first-order valence-corrected chi connectivity index (χ1v) is 11.0. The molecule has 1 N–H and O–H groups in total. The Kier molecular flexibility index (Phi) is 5.06. The number of benzene rings is 2. The largest absolute Gasteiger partial charge is 0.351 e. The molecule has 0 saturated carbocycles. The summed E-state index contributed by atoms with van der Waals surface area (Å²) < 4.78 is 29.5. The summed E-state index contributed by atoms with van der Waals surface area (Å²) in [5.41, 5.74) is 2.79. The minimum atomic E-state index is -3.59. The molecule has 2 amide bonds. The van der Waals surface area contributed by atoms with Crippen molar-refractivity contribution in [3.8, 4) is 0 Å². The third kappa shape index (κ3) is 3.86. The smallest absolute Gasteiger partial charge is 0.321 e.